The topological polar surface area (TPSA) is 60.8 Å². The summed E-state index contributed by atoms with van der Waals surface area (Å²) in [5, 5.41) is 0.330. The molecule has 33 heavy (non-hydrogen) atoms. The largest absolute Gasteiger partial charge is 0.493 e. The molecule has 2 heterocycles. The highest BCUT2D eigenvalue weighted by Crippen LogP contribution is 2.34. The van der Waals surface area contributed by atoms with E-state index < -0.39 is 0 Å². The maximum atomic E-state index is 12.9. The van der Waals surface area contributed by atoms with Crippen LogP contribution in [0.1, 0.15) is 17.0 Å². The van der Waals surface area contributed by atoms with Crippen molar-refractivity contribution >= 4 is 40.6 Å². The van der Waals surface area contributed by atoms with E-state index in [1.54, 1.807) is 25.3 Å². The van der Waals surface area contributed by atoms with Crippen LogP contribution in [-0.2, 0) is 4.79 Å². The maximum Gasteiger partial charge on any atom is 0.293 e. The fourth-order valence-corrected chi connectivity index (χ4v) is 4.83. The van der Waals surface area contributed by atoms with Crippen LogP contribution in [-0.4, -0.2) is 40.9 Å². The minimum Gasteiger partial charge on any atom is -0.493 e. The number of carbonyl (C=O) groups excluding carboxylic acids is 2. The molecule has 0 saturated carbocycles. The number of rotatable bonds is 7. The van der Waals surface area contributed by atoms with Crippen LogP contribution in [0.4, 0.5) is 4.79 Å². The third kappa shape index (κ3) is 4.65. The number of nitrogens with zero attached hydrogens (tertiary/aromatic N) is 2. The molecule has 3 aromatic rings. The van der Waals surface area contributed by atoms with Crippen molar-refractivity contribution in [2.45, 2.75) is 13.8 Å². The zero-order valence-electron chi connectivity index (χ0n) is 18.5. The van der Waals surface area contributed by atoms with Gasteiger partial charge in [-0.25, -0.2) is 0 Å². The molecule has 1 fully saturated rings. The summed E-state index contributed by atoms with van der Waals surface area (Å²) < 4.78 is 13.0. The molecule has 8 heteroatoms. The average molecular weight is 483 g/mol. The van der Waals surface area contributed by atoms with Crippen molar-refractivity contribution in [1.29, 1.82) is 0 Å². The Balaban J connectivity index is 1.50. The van der Waals surface area contributed by atoms with E-state index in [1.165, 1.54) is 4.90 Å². The molecular formula is C25H23ClN2O4S. The van der Waals surface area contributed by atoms with Crippen LogP contribution in [0.3, 0.4) is 0 Å². The van der Waals surface area contributed by atoms with E-state index in [2.05, 4.69) is 0 Å². The van der Waals surface area contributed by atoms with Gasteiger partial charge in [-0.05, 0) is 67.6 Å². The van der Waals surface area contributed by atoms with Crippen LogP contribution in [0, 0.1) is 13.8 Å². The molecule has 1 aliphatic rings. The molecule has 0 spiro atoms. The van der Waals surface area contributed by atoms with Gasteiger partial charge in [0.05, 0.1) is 29.3 Å². The molecule has 0 N–H and O–H groups in total. The van der Waals surface area contributed by atoms with Crippen LogP contribution in [0.25, 0.3) is 11.8 Å². The summed E-state index contributed by atoms with van der Waals surface area (Å²) in [5.41, 5.74) is 3.65. The predicted molar refractivity (Wildman–Crippen MR) is 131 cm³/mol. The van der Waals surface area contributed by atoms with Gasteiger partial charge >= 0.3 is 0 Å². The molecule has 2 amide bonds. The fourth-order valence-electron chi connectivity index (χ4n) is 3.76. The molecule has 0 bridgehead atoms. The van der Waals surface area contributed by atoms with Crippen LogP contribution >= 0.6 is 23.4 Å². The molecule has 1 aliphatic heterocycles. The third-order valence-corrected chi connectivity index (χ3v) is 6.59. The highest BCUT2D eigenvalue weighted by Gasteiger charge is 2.35. The quantitative estimate of drug-likeness (QED) is 0.394. The molecule has 1 saturated heterocycles. The Morgan fingerprint density at radius 2 is 1.73 bits per heavy atom. The lowest BCUT2D eigenvalue weighted by Crippen LogP contribution is -2.32. The average Bonchev–Trinajstić information content (AvgIpc) is 3.23. The van der Waals surface area contributed by atoms with Gasteiger partial charge in [0, 0.05) is 11.4 Å². The first kappa shape index (κ1) is 23.0. The zero-order chi connectivity index (χ0) is 23.5. The molecule has 6 nitrogen and oxygen atoms in total. The van der Waals surface area contributed by atoms with Gasteiger partial charge in [0.25, 0.3) is 11.1 Å². The number of methoxy groups -OCH3 is 1. The van der Waals surface area contributed by atoms with E-state index >= 15 is 0 Å². The minimum atomic E-state index is -0.323. The van der Waals surface area contributed by atoms with E-state index in [1.807, 2.05) is 60.9 Å². The number of amides is 2. The highest BCUT2D eigenvalue weighted by molar-refractivity contribution is 8.18. The number of thioether (sulfide) groups is 1. The monoisotopic (exact) mass is 482 g/mol. The lowest BCUT2D eigenvalue weighted by molar-refractivity contribution is -0.123. The smallest absolute Gasteiger partial charge is 0.293 e. The van der Waals surface area contributed by atoms with Gasteiger partial charge in [-0.3, -0.25) is 14.5 Å². The first-order chi connectivity index (χ1) is 15.9. The molecule has 170 valence electrons. The van der Waals surface area contributed by atoms with Crippen LogP contribution in [0.2, 0.25) is 5.02 Å². The number of carbonyl (C=O) groups is 2. The summed E-state index contributed by atoms with van der Waals surface area (Å²) in [6.07, 6.45) is 1.77. The predicted octanol–water partition coefficient (Wildman–Crippen LogP) is 5.87. The van der Waals surface area contributed by atoms with Gasteiger partial charge in [-0.2, -0.15) is 0 Å². The summed E-state index contributed by atoms with van der Waals surface area (Å²) in [4.78, 5) is 27.0. The second-order valence-electron chi connectivity index (χ2n) is 7.45. The zero-order valence-corrected chi connectivity index (χ0v) is 20.1. The van der Waals surface area contributed by atoms with Gasteiger partial charge in [0.15, 0.2) is 11.5 Å². The van der Waals surface area contributed by atoms with Crippen LogP contribution in [0.5, 0.6) is 11.5 Å². The first-order valence-corrected chi connectivity index (χ1v) is 11.5. The molecule has 1 aromatic heterocycles. The van der Waals surface area contributed by atoms with Gasteiger partial charge < -0.3 is 14.0 Å². The van der Waals surface area contributed by atoms with Crippen molar-refractivity contribution in [2.75, 3.05) is 20.3 Å². The SMILES string of the molecule is COc1ccccc1OCCN1C(=O)S/C(=C\c2cc(C)n(-c3ccccc3Cl)c2C)C1=O. The number of halogens is 1. The van der Waals surface area contributed by atoms with Gasteiger partial charge in [0.2, 0.25) is 0 Å². The standard InChI is InChI=1S/C25H23ClN2O4S/c1-16-14-18(17(2)28(16)20-9-5-4-8-19(20)26)15-23-24(29)27(25(30)33-23)12-13-32-22-11-7-6-10-21(22)31-3/h4-11,14-15H,12-13H2,1-3H3/b23-15-. The van der Waals surface area contributed by atoms with Crippen molar-refractivity contribution in [3.63, 3.8) is 0 Å². The number of hydrogen-bond donors (Lipinski definition) is 0. The number of ether oxygens (including phenoxy) is 2. The Morgan fingerprint density at radius 3 is 2.45 bits per heavy atom. The molecule has 0 radical (unpaired) electrons. The van der Waals surface area contributed by atoms with Crippen molar-refractivity contribution in [2.24, 2.45) is 0 Å². The maximum absolute atomic E-state index is 12.9. The van der Waals surface area contributed by atoms with Crippen LogP contribution in [0.15, 0.2) is 59.5 Å². The second-order valence-corrected chi connectivity index (χ2v) is 8.85. The lowest BCUT2D eigenvalue weighted by Gasteiger charge is -2.14. The normalized spacial score (nSPS) is 14.9. The van der Waals surface area contributed by atoms with E-state index in [-0.39, 0.29) is 24.3 Å². The van der Waals surface area contributed by atoms with Crippen LogP contribution < -0.4 is 9.47 Å². The fraction of sp³-hybridized carbons (Fsp3) is 0.200. The van der Waals surface area contributed by atoms with Gasteiger partial charge in [-0.15, -0.1) is 0 Å². The molecule has 0 aliphatic carbocycles. The van der Waals surface area contributed by atoms with E-state index in [4.69, 9.17) is 21.1 Å². The van der Waals surface area contributed by atoms with Crippen molar-refractivity contribution in [3.05, 3.63) is 81.5 Å². The first-order valence-electron chi connectivity index (χ1n) is 10.4. The summed E-state index contributed by atoms with van der Waals surface area (Å²) in [5.74, 6) is 0.839. The summed E-state index contributed by atoms with van der Waals surface area (Å²) in [6.45, 7) is 4.27. The number of aryl methyl sites for hydroxylation is 1. The van der Waals surface area contributed by atoms with Gasteiger partial charge in [-0.1, -0.05) is 35.9 Å². The van der Waals surface area contributed by atoms with Crippen molar-refractivity contribution in [3.8, 4) is 17.2 Å². The Morgan fingerprint density at radius 1 is 1.03 bits per heavy atom. The molecule has 2 aromatic carbocycles. The van der Waals surface area contributed by atoms with E-state index in [9.17, 15) is 9.59 Å². The lowest BCUT2D eigenvalue weighted by atomic mass is 10.2. The Bertz CT molecular complexity index is 1250. The number of para-hydroxylation sites is 3. The molecule has 0 unspecified atom stereocenters. The molecule has 0 atom stereocenters. The summed E-state index contributed by atoms with van der Waals surface area (Å²) in [7, 11) is 1.56. The number of hydrogen-bond acceptors (Lipinski definition) is 5. The minimum absolute atomic E-state index is 0.151. The van der Waals surface area contributed by atoms with E-state index in [0.29, 0.717) is 21.4 Å². The number of benzene rings is 2. The summed E-state index contributed by atoms with van der Waals surface area (Å²) >= 11 is 7.33. The molecule has 4 rings (SSSR count). The second kappa shape index (κ2) is 9.77. The van der Waals surface area contributed by atoms with Crippen molar-refractivity contribution < 1.29 is 19.1 Å². The number of aromatic nitrogens is 1. The molecular weight excluding hydrogens is 460 g/mol. The third-order valence-electron chi connectivity index (χ3n) is 5.37. The Kier molecular flexibility index (Phi) is 6.81. The van der Waals surface area contributed by atoms with E-state index in [0.717, 1.165) is 34.4 Å². The Hall–Kier alpha value is -3.16. The van der Waals surface area contributed by atoms with Crippen molar-refractivity contribution in [1.82, 2.24) is 9.47 Å². The Labute approximate surface area is 201 Å². The highest BCUT2D eigenvalue weighted by atomic mass is 35.5. The van der Waals surface area contributed by atoms with Gasteiger partial charge in [0.1, 0.15) is 6.61 Å². The number of imide groups is 1. The summed E-state index contributed by atoms with van der Waals surface area (Å²) in [6, 6.07) is 16.8.